The summed E-state index contributed by atoms with van der Waals surface area (Å²) < 4.78 is 40.5. The minimum Gasteiger partial charge on any atom is -0.504 e. The van der Waals surface area contributed by atoms with Gasteiger partial charge in [-0.3, -0.25) is 0 Å². The Morgan fingerprint density at radius 1 is 0.258 bits per heavy atom. The van der Waals surface area contributed by atoms with Crippen molar-refractivity contribution in [3.05, 3.63) is 222 Å². The fourth-order valence-electron chi connectivity index (χ4n) is 11.5. The molecule has 0 spiro atoms. The van der Waals surface area contributed by atoms with Gasteiger partial charge in [-0.15, -0.1) is 52.1 Å². The summed E-state index contributed by atoms with van der Waals surface area (Å²) in [6, 6.07) is 49.0. The van der Waals surface area contributed by atoms with Crippen molar-refractivity contribution in [1.82, 2.24) is 50.8 Å². The molecule has 0 aliphatic rings. The first-order chi connectivity index (χ1) is 61.3. The number of halogens is 3. The highest BCUT2D eigenvalue weighted by molar-refractivity contribution is 14.1. The van der Waals surface area contributed by atoms with Gasteiger partial charge in [0.05, 0.1) is 58.8 Å². The molecule has 11 aromatic carbocycles. The first-order valence-electron chi connectivity index (χ1n) is 37.1. The van der Waals surface area contributed by atoms with Crippen molar-refractivity contribution < 1.29 is 104 Å². The average Bonchev–Trinajstić information content (AvgIpc) is 1.06. The van der Waals surface area contributed by atoms with E-state index in [2.05, 4.69) is 89.3 Å². The predicted molar refractivity (Wildman–Crippen MR) is 508 cm³/mol. The number of nitrogens with zero attached hydrogens (tertiary/aromatic N) is 10. The Kier molecular flexibility index (Phi) is 30.8. The molecule has 0 unspecified atom stereocenters. The number of aryl methyl sites for hydroxylation is 3. The number of rotatable bonds is 17. The molecule has 128 heavy (non-hydrogen) atoms. The number of oxazole rings is 1. The maximum atomic E-state index is 9.62. The molecule has 14 N–H and O–H groups in total. The van der Waals surface area contributed by atoms with Crippen LogP contribution in [0.15, 0.2) is 203 Å². The number of aromatic hydroxyl groups is 14. The van der Waals surface area contributed by atoms with Crippen LogP contribution in [0.1, 0.15) is 16.7 Å². The molecule has 0 saturated heterocycles. The summed E-state index contributed by atoms with van der Waals surface area (Å²) in [4.78, 5) is 8.22. The Hall–Kier alpha value is -13.6. The van der Waals surface area contributed by atoms with E-state index in [1.807, 2.05) is 104 Å². The van der Waals surface area contributed by atoms with Crippen molar-refractivity contribution in [1.29, 1.82) is 0 Å². The minimum absolute atomic E-state index is 0.121. The van der Waals surface area contributed by atoms with Crippen molar-refractivity contribution in [3.8, 4) is 233 Å². The molecule has 0 atom stereocenters. The van der Waals surface area contributed by atoms with Gasteiger partial charge in [0.1, 0.15) is 56.6 Å². The lowest BCUT2D eigenvalue weighted by Crippen LogP contribution is -1.93. The molecular weight excluding hydrogens is 2040 g/mol. The topological polar surface area (TPSA) is 481 Å². The fraction of sp³-hybridized carbons (Fsp3) is 0.101. The zero-order valence-corrected chi connectivity index (χ0v) is 78.2. The quantitative estimate of drug-likeness (QED) is 0.0297. The molecule has 6 heterocycles. The number of methoxy groups -OCH3 is 6. The molecule has 0 amide bonds. The summed E-state index contributed by atoms with van der Waals surface area (Å²) in [5, 5.41) is 171. The maximum absolute atomic E-state index is 9.62. The molecule has 0 aliphatic carbocycles. The first kappa shape index (κ1) is 93.6. The number of phenolic OH excluding ortho intramolecular Hbond substituents is 14. The van der Waals surface area contributed by atoms with E-state index in [-0.39, 0.29) is 86.4 Å². The van der Waals surface area contributed by atoms with E-state index in [9.17, 15) is 66.4 Å². The monoisotopic (exact) mass is 2110 g/mol. The standard InChI is InChI=1S/C19H20N2O3S.C18H17IN2O3S.C15H11NO5.C14H9IN2O4S.C14H10N2O4S.C9H6BrNO2S/c1-11-6-7-13(9-15(11)22-3)18-20-21-19(25-18)14-10-17(24-5)16(23-4)8-12(14)2;1-10-5-6-11(7-14(10)22-2)17-20-21-18(25-17)12-8-15(23-3)16(24-4)9-13(12)19;17-10-3-1-8(5-12(10)19)14-7-16-15(21-14)9-2-4-11(18)13(20)6-9;15-8-5-12(21)11(20)4-7(8)14-17-16-13(22-14)6-1-2-9(18)10(19)3-6;17-9-3-1-7(5-11(9)19)13-15-16-14(21-13)8-2-4-10(18)12(20)6-8;10-8-4-11-9(14-8)5-1-2-6(12)7(13)3-5/h6-10H,1-5H3;5-9H,1-4H3;1-7,17-20H;1-5,18-21H;1-6,17-20H;1-4,12-13H. The van der Waals surface area contributed by atoms with Crippen molar-refractivity contribution in [3.63, 3.8) is 0 Å². The second-order valence-corrected chi connectivity index (χ2v) is 35.4. The average molecular weight is 2110 g/mol. The van der Waals surface area contributed by atoms with Crippen LogP contribution in [0.4, 0.5) is 0 Å². The van der Waals surface area contributed by atoms with E-state index in [0.717, 1.165) is 92.0 Å². The summed E-state index contributed by atoms with van der Waals surface area (Å²) in [5.74, 6) is 2.15. The molecule has 0 fully saturated rings. The number of benzene rings is 11. The van der Waals surface area contributed by atoms with Crippen LogP contribution in [0.25, 0.3) is 118 Å². The summed E-state index contributed by atoms with van der Waals surface area (Å²) in [6.07, 6.45) is 3.16. The number of thiazole rings is 1. The van der Waals surface area contributed by atoms with Gasteiger partial charge in [-0.25, -0.2) is 9.97 Å². The predicted octanol–water partition coefficient (Wildman–Crippen LogP) is 21.1. The van der Waals surface area contributed by atoms with E-state index < -0.39 is 0 Å². The van der Waals surface area contributed by atoms with Crippen LogP contribution < -0.4 is 28.4 Å². The van der Waals surface area contributed by atoms with Crippen molar-refractivity contribution in [2.45, 2.75) is 20.8 Å². The van der Waals surface area contributed by atoms with Crippen molar-refractivity contribution in [2.24, 2.45) is 0 Å². The van der Waals surface area contributed by atoms with Gasteiger partial charge in [0.25, 0.3) is 0 Å². The normalized spacial score (nSPS) is 10.6. The molecule has 0 saturated carbocycles. The summed E-state index contributed by atoms with van der Waals surface area (Å²) >= 11 is 14.7. The van der Waals surface area contributed by atoms with E-state index in [1.54, 1.807) is 85.3 Å². The van der Waals surface area contributed by atoms with Crippen molar-refractivity contribution >= 4 is 118 Å². The number of ether oxygens (including phenoxy) is 6. The Labute approximate surface area is 784 Å². The van der Waals surface area contributed by atoms with Crippen LogP contribution >= 0.6 is 118 Å². The van der Waals surface area contributed by atoms with Crippen LogP contribution in [0.2, 0.25) is 0 Å². The maximum Gasteiger partial charge on any atom is 0.226 e. The molecule has 0 aliphatic heterocycles. The molecule has 6 aromatic heterocycles. The first-order valence-corrected chi connectivity index (χ1v) is 44.1. The molecule has 39 heteroatoms. The Morgan fingerprint density at radius 2 is 0.547 bits per heavy atom. The molecule has 0 bridgehead atoms. The fourth-order valence-corrected chi connectivity index (χ4v) is 18.0. The lowest BCUT2D eigenvalue weighted by atomic mass is 10.1. The van der Waals surface area contributed by atoms with Gasteiger partial charge in [0.2, 0.25) is 5.89 Å². The molecule has 31 nitrogen and oxygen atoms in total. The van der Waals surface area contributed by atoms with Gasteiger partial charge in [-0.05, 0) is 256 Å². The summed E-state index contributed by atoms with van der Waals surface area (Å²) in [7, 11) is 9.85. The number of hydrogen-bond donors (Lipinski definition) is 14. The van der Waals surface area contributed by atoms with Gasteiger partial charge in [-0.2, -0.15) is 0 Å². The van der Waals surface area contributed by atoms with Gasteiger partial charge in [0, 0.05) is 68.3 Å². The van der Waals surface area contributed by atoms with Crippen molar-refractivity contribution in [2.75, 3.05) is 42.7 Å². The highest BCUT2D eigenvalue weighted by Gasteiger charge is 2.22. The van der Waals surface area contributed by atoms with Crippen LogP contribution in [0, 0.1) is 27.9 Å². The largest absolute Gasteiger partial charge is 0.504 e. The molecule has 656 valence electrons. The third kappa shape index (κ3) is 22.6. The number of hydrogen-bond acceptors (Lipinski definition) is 36. The smallest absolute Gasteiger partial charge is 0.226 e. The zero-order valence-electron chi connectivity index (χ0n) is 68.2. The van der Waals surface area contributed by atoms with E-state index in [4.69, 9.17) is 37.9 Å². The van der Waals surface area contributed by atoms with E-state index in [0.29, 0.717) is 82.2 Å². The van der Waals surface area contributed by atoms with E-state index >= 15 is 0 Å². The molecular formula is C89H73BrI2N10O21S5. The molecule has 17 rings (SSSR count). The number of phenols is 14. The van der Waals surface area contributed by atoms with Gasteiger partial charge in [-0.1, -0.05) is 69.6 Å². The third-order valence-corrected chi connectivity index (χ3v) is 25.7. The Bertz CT molecular complexity index is 6430. The number of aromatic nitrogens is 10. The highest BCUT2D eigenvalue weighted by Crippen LogP contribution is 2.46. The summed E-state index contributed by atoms with van der Waals surface area (Å²) in [6.45, 7) is 6.05. The van der Waals surface area contributed by atoms with Crippen LogP contribution in [0.5, 0.6) is 115 Å². The lowest BCUT2D eigenvalue weighted by Gasteiger charge is -2.10. The minimum atomic E-state index is -0.269. The lowest BCUT2D eigenvalue weighted by molar-refractivity contribution is 0.355. The SMILES string of the molecule is COc1cc(-c2nnc(-c3cc(OC)c(OC)cc3C)s2)ccc1C.COc1cc(-c2nnc(-c3cc(OC)c(OC)cc3I)s2)ccc1C.Oc1ccc(-c2cnc(-c3ccc(O)c(O)c3)o2)cc1O.Oc1ccc(-c2ncc(Br)s2)cc1O.Oc1ccc(-c2nnc(-c3cc(O)c(O)cc3I)s2)cc1O.Oc1ccc(-c2nnc(-c3ccc(O)c(O)c3)s2)cc1O. The second kappa shape index (κ2) is 42.2. The molecule has 17 aromatic rings. The van der Waals surface area contributed by atoms with Gasteiger partial charge >= 0.3 is 0 Å². The second-order valence-electron chi connectivity index (χ2n) is 26.8. The Balaban J connectivity index is 0.000000140. The summed E-state index contributed by atoms with van der Waals surface area (Å²) in [5.41, 5.74) is 11.5. The van der Waals surface area contributed by atoms with E-state index in [1.165, 1.54) is 148 Å². The van der Waals surface area contributed by atoms with Crippen LogP contribution in [-0.2, 0) is 0 Å². The Morgan fingerprint density at radius 3 is 0.938 bits per heavy atom. The third-order valence-electron chi connectivity index (χ3n) is 18.3. The van der Waals surface area contributed by atoms with Crippen LogP contribution in [0.3, 0.4) is 0 Å². The zero-order chi connectivity index (χ0) is 91.9. The van der Waals surface area contributed by atoms with Gasteiger partial charge in [0.15, 0.2) is 109 Å². The molecule has 0 radical (unpaired) electrons. The highest BCUT2D eigenvalue weighted by atomic mass is 127. The van der Waals surface area contributed by atoms with Gasteiger partial charge < -0.3 is 104 Å². The van der Waals surface area contributed by atoms with Crippen LogP contribution in [-0.4, -0.2) is 165 Å².